The van der Waals surface area contributed by atoms with E-state index in [0.29, 0.717) is 5.92 Å². The Morgan fingerprint density at radius 3 is 2.48 bits per heavy atom. The summed E-state index contributed by atoms with van der Waals surface area (Å²) in [5.41, 5.74) is 2.40. The molecule has 2 aromatic carbocycles. The molecule has 2 aromatic rings. The Hall–Kier alpha value is -1.51. The molecule has 1 N–H and O–H groups in total. The SMILES string of the molecule is CCC(C)c1ccc(Oc2ccc(Cl)cc2CNC)cc1. The van der Waals surface area contributed by atoms with Crippen LogP contribution in [0.25, 0.3) is 0 Å². The van der Waals surface area contributed by atoms with E-state index in [1.165, 1.54) is 5.56 Å². The van der Waals surface area contributed by atoms with Crippen LogP contribution in [0.1, 0.15) is 37.3 Å². The number of ether oxygens (including phenoxy) is 1. The Kier molecular flexibility index (Phi) is 5.66. The van der Waals surface area contributed by atoms with Crippen molar-refractivity contribution in [3.8, 4) is 11.5 Å². The van der Waals surface area contributed by atoms with Gasteiger partial charge in [-0.15, -0.1) is 0 Å². The van der Waals surface area contributed by atoms with Crippen molar-refractivity contribution in [2.24, 2.45) is 0 Å². The van der Waals surface area contributed by atoms with Crippen molar-refractivity contribution in [2.75, 3.05) is 7.05 Å². The van der Waals surface area contributed by atoms with Crippen molar-refractivity contribution in [1.82, 2.24) is 5.32 Å². The van der Waals surface area contributed by atoms with E-state index >= 15 is 0 Å². The van der Waals surface area contributed by atoms with E-state index in [-0.39, 0.29) is 0 Å². The molecule has 0 aliphatic carbocycles. The topological polar surface area (TPSA) is 21.3 Å². The zero-order chi connectivity index (χ0) is 15.2. The summed E-state index contributed by atoms with van der Waals surface area (Å²) in [5.74, 6) is 2.27. The van der Waals surface area contributed by atoms with Crippen LogP contribution in [-0.2, 0) is 6.54 Å². The lowest BCUT2D eigenvalue weighted by atomic mass is 9.99. The summed E-state index contributed by atoms with van der Waals surface area (Å²) in [6.45, 7) is 5.16. The van der Waals surface area contributed by atoms with Crippen LogP contribution in [0.2, 0.25) is 5.02 Å². The third-order valence-electron chi connectivity index (χ3n) is 3.68. The molecule has 1 unspecified atom stereocenters. The molecule has 2 nitrogen and oxygen atoms in total. The van der Waals surface area contributed by atoms with Gasteiger partial charge in [0.05, 0.1) is 0 Å². The molecule has 0 radical (unpaired) electrons. The minimum Gasteiger partial charge on any atom is -0.457 e. The summed E-state index contributed by atoms with van der Waals surface area (Å²) in [6, 6.07) is 14.0. The van der Waals surface area contributed by atoms with Gasteiger partial charge < -0.3 is 10.1 Å². The summed E-state index contributed by atoms with van der Waals surface area (Å²) in [7, 11) is 1.91. The van der Waals surface area contributed by atoms with Crippen LogP contribution in [-0.4, -0.2) is 7.05 Å². The maximum absolute atomic E-state index is 6.04. The molecule has 112 valence electrons. The van der Waals surface area contributed by atoms with Gasteiger partial charge in [0.15, 0.2) is 0 Å². The quantitative estimate of drug-likeness (QED) is 0.775. The standard InChI is InChI=1S/C18H22ClNO/c1-4-13(2)14-5-8-17(9-6-14)21-18-10-7-16(19)11-15(18)12-20-3/h5-11,13,20H,4,12H2,1-3H3. The number of halogens is 1. The zero-order valence-corrected chi connectivity index (χ0v) is 13.6. The lowest BCUT2D eigenvalue weighted by Crippen LogP contribution is -2.06. The molecule has 0 bridgehead atoms. The van der Waals surface area contributed by atoms with E-state index in [9.17, 15) is 0 Å². The largest absolute Gasteiger partial charge is 0.457 e. The van der Waals surface area contributed by atoms with Crippen LogP contribution in [0.3, 0.4) is 0 Å². The van der Waals surface area contributed by atoms with Gasteiger partial charge in [-0.1, -0.05) is 37.6 Å². The Bertz CT molecular complexity index is 580. The number of hydrogen-bond acceptors (Lipinski definition) is 2. The molecule has 0 amide bonds. The molecular weight excluding hydrogens is 282 g/mol. The Morgan fingerprint density at radius 1 is 1.14 bits per heavy atom. The van der Waals surface area contributed by atoms with Crippen LogP contribution < -0.4 is 10.1 Å². The second kappa shape index (κ2) is 7.48. The second-order valence-electron chi connectivity index (χ2n) is 5.26. The molecule has 0 saturated carbocycles. The number of rotatable bonds is 6. The van der Waals surface area contributed by atoms with Gasteiger partial charge in [-0.05, 0) is 55.3 Å². The van der Waals surface area contributed by atoms with Gasteiger partial charge in [-0.2, -0.15) is 0 Å². The van der Waals surface area contributed by atoms with Crippen molar-refractivity contribution < 1.29 is 4.74 Å². The molecule has 21 heavy (non-hydrogen) atoms. The van der Waals surface area contributed by atoms with Crippen LogP contribution in [0.5, 0.6) is 11.5 Å². The molecule has 1 atom stereocenters. The van der Waals surface area contributed by atoms with Gasteiger partial charge in [-0.3, -0.25) is 0 Å². The van der Waals surface area contributed by atoms with Crippen LogP contribution in [0.15, 0.2) is 42.5 Å². The highest BCUT2D eigenvalue weighted by Gasteiger charge is 2.07. The summed E-state index contributed by atoms with van der Waals surface area (Å²) >= 11 is 6.04. The molecule has 2 rings (SSSR count). The number of nitrogens with one attached hydrogen (secondary N) is 1. The second-order valence-corrected chi connectivity index (χ2v) is 5.70. The first-order valence-electron chi connectivity index (χ1n) is 7.35. The van der Waals surface area contributed by atoms with Gasteiger partial charge >= 0.3 is 0 Å². The summed E-state index contributed by atoms with van der Waals surface area (Å²) in [4.78, 5) is 0. The first-order valence-corrected chi connectivity index (χ1v) is 7.72. The highest BCUT2D eigenvalue weighted by atomic mass is 35.5. The molecule has 0 aliphatic rings. The molecule has 0 heterocycles. The Balaban J connectivity index is 2.18. The van der Waals surface area contributed by atoms with Crippen LogP contribution in [0.4, 0.5) is 0 Å². The van der Waals surface area contributed by atoms with E-state index in [1.54, 1.807) is 0 Å². The average Bonchev–Trinajstić information content (AvgIpc) is 2.50. The molecule has 0 saturated heterocycles. The Labute approximate surface area is 132 Å². The first-order chi connectivity index (χ1) is 10.1. The predicted molar refractivity (Wildman–Crippen MR) is 89.4 cm³/mol. The maximum atomic E-state index is 6.04. The predicted octanol–water partition coefficient (Wildman–Crippen LogP) is 5.37. The van der Waals surface area contributed by atoms with Crippen molar-refractivity contribution in [1.29, 1.82) is 0 Å². The summed E-state index contributed by atoms with van der Waals surface area (Å²) in [5, 5.41) is 3.85. The van der Waals surface area contributed by atoms with E-state index in [2.05, 4.69) is 31.3 Å². The fraction of sp³-hybridized carbons (Fsp3) is 0.333. The van der Waals surface area contributed by atoms with Gasteiger partial charge in [0, 0.05) is 17.1 Å². The van der Waals surface area contributed by atoms with Gasteiger partial charge in [-0.25, -0.2) is 0 Å². The third-order valence-corrected chi connectivity index (χ3v) is 3.91. The van der Waals surface area contributed by atoms with Crippen molar-refractivity contribution in [3.05, 3.63) is 58.6 Å². The normalized spacial score (nSPS) is 12.2. The molecular formula is C18H22ClNO. The molecule has 0 aliphatic heterocycles. The fourth-order valence-corrected chi connectivity index (χ4v) is 2.40. The van der Waals surface area contributed by atoms with Crippen molar-refractivity contribution >= 4 is 11.6 Å². The smallest absolute Gasteiger partial charge is 0.132 e. The lowest BCUT2D eigenvalue weighted by Gasteiger charge is -2.13. The van der Waals surface area contributed by atoms with E-state index in [4.69, 9.17) is 16.3 Å². The number of hydrogen-bond donors (Lipinski definition) is 1. The minimum absolute atomic E-state index is 0.578. The van der Waals surface area contributed by atoms with E-state index < -0.39 is 0 Å². The molecule has 3 heteroatoms. The monoisotopic (exact) mass is 303 g/mol. The van der Waals surface area contributed by atoms with Crippen LogP contribution in [0, 0.1) is 0 Å². The summed E-state index contributed by atoms with van der Waals surface area (Å²) < 4.78 is 5.99. The highest BCUT2D eigenvalue weighted by Crippen LogP contribution is 2.29. The summed E-state index contributed by atoms with van der Waals surface area (Å²) in [6.07, 6.45) is 1.14. The van der Waals surface area contributed by atoms with Crippen LogP contribution >= 0.6 is 11.6 Å². The first kappa shape index (κ1) is 15.9. The number of benzene rings is 2. The molecule has 0 fully saturated rings. The third kappa shape index (κ3) is 4.23. The van der Waals surface area contributed by atoms with Gasteiger partial charge in [0.1, 0.15) is 11.5 Å². The average molecular weight is 304 g/mol. The zero-order valence-electron chi connectivity index (χ0n) is 12.8. The molecule has 0 aromatic heterocycles. The highest BCUT2D eigenvalue weighted by molar-refractivity contribution is 6.30. The van der Waals surface area contributed by atoms with E-state index in [0.717, 1.165) is 35.1 Å². The molecule has 0 spiro atoms. The van der Waals surface area contributed by atoms with Gasteiger partial charge in [0.2, 0.25) is 0 Å². The fourth-order valence-electron chi connectivity index (χ4n) is 2.20. The lowest BCUT2D eigenvalue weighted by molar-refractivity contribution is 0.474. The van der Waals surface area contributed by atoms with Gasteiger partial charge in [0.25, 0.3) is 0 Å². The van der Waals surface area contributed by atoms with Crippen molar-refractivity contribution in [3.63, 3.8) is 0 Å². The maximum Gasteiger partial charge on any atom is 0.132 e. The van der Waals surface area contributed by atoms with Crippen molar-refractivity contribution in [2.45, 2.75) is 32.7 Å². The van der Waals surface area contributed by atoms with E-state index in [1.807, 2.05) is 37.4 Å². The Morgan fingerprint density at radius 2 is 1.86 bits per heavy atom. The minimum atomic E-state index is 0.578.